The molecule has 2 unspecified atom stereocenters. The zero-order chi connectivity index (χ0) is 14.6. The van der Waals surface area contributed by atoms with Crippen LogP contribution < -0.4 is 10.5 Å². The van der Waals surface area contributed by atoms with Gasteiger partial charge in [0.25, 0.3) is 0 Å². The standard InChI is InChI=1S/C12H20N2O3S2/c1-9-4-5-11(7-13)6-12(9)19(16,17)14-8-10(2)18(3)15/h4-6,10,14H,7-8,13H2,1-3H3. The van der Waals surface area contributed by atoms with Crippen molar-refractivity contribution in [1.29, 1.82) is 0 Å². The Balaban J connectivity index is 2.97. The molecule has 3 N–H and O–H groups in total. The molecule has 0 fully saturated rings. The highest BCUT2D eigenvalue weighted by Crippen LogP contribution is 2.16. The van der Waals surface area contributed by atoms with Gasteiger partial charge in [0.15, 0.2) is 0 Å². The molecule has 1 aromatic carbocycles. The second kappa shape index (κ2) is 6.60. The van der Waals surface area contributed by atoms with Crippen LogP contribution >= 0.6 is 0 Å². The maximum Gasteiger partial charge on any atom is 0.240 e. The highest BCUT2D eigenvalue weighted by molar-refractivity contribution is 7.89. The Kier molecular flexibility index (Phi) is 5.66. The van der Waals surface area contributed by atoms with Crippen molar-refractivity contribution < 1.29 is 12.6 Å². The predicted molar refractivity (Wildman–Crippen MR) is 77.8 cm³/mol. The molecule has 5 nitrogen and oxygen atoms in total. The minimum absolute atomic E-state index is 0.151. The topological polar surface area (TPSA) is 89.3 Å². The quantitative estimate of drug-likeness (QED) is 0.801. The van der Waals surface area contributed by atoms with Gasteiger partial charge in [0.05, 0.1) is 4.90 Å². The number of nitrogens with two attached hydrogens (primary N) is 1. The molecule has 1 aromatic rings. The first-order chi connectivity index (χ1) is 8.77. The summed E-state index contributed by atoms with van der Waals surface area (Å²) in [4.78, 5) is 0.226. The summed E-state index contributed by atoms with van der Waals surface area (Å²) in [6.45, 7) is 3.91. The van der Waals surface area contributed by atoms with Crippen LogP contribution in [0.5, 0.6) is 0 Å². The summed E-state index contributed by atoms with van der Waals surface area (Å²) in [6.07, 6.45) is 1.55. The lowest BCUT2D eigenvalue weighted by Crippen LogP contribution is -2.33. The van der Waals surface area contributed by atoms with Gasteiger partial charge in [-0.3, -0.25) is 4.21 Å². The Labute approximate surface area is 117 Å². The lowest BCUT2D eigenvalue weighted by molar-refractivity contribution is 0.580. The molecule has 0 heterocycles. The Morgan fingerprint density at radius 2 is 2.05 bits per heavy atom. The molecule has 0 aliphatic carbocycles. The van der Waals surface area contributed by atoms with E-state index in [0.717, 1.165) is 5.56 Å². The van der Waals surface area contributed by atoms with Crippen LogP contribution in [0.15, 0.2) is 23.1 Å². The Bertz CT molecular complexity index is 570. The number of sulfonamides is 1. The normalized spacial score (nSPS) is 15.2. The van der Waals surface area contributed by atoms with Gasteiger partial charge in [-0.15, -0.1) is 0 Å². The number of hydrogen-bond acceptors (Lipinski definition) is 4. The van der Waals surface area contributed by atoms with E-state index in [1.807, 2.05) is 0 Å². The van der Waals surface area contributed by atoms with E-state index in [-0.39, 0.29) is 23.2 Å². The van der Waals surface area contributed by atoms with Gasteiger partial charge in [0.1, 0.15) is 0 Å². The molecule has 0 amide bonds. The van der Waals surface area contributed by atoms with Gasteiger partial charge >= 0.3 is 0 Å². The zero-order valence-electron chi connectivity index (χ0n) is 11.3. The van der Waals surface area contributed by atoms with E-state index in [1.165, 1.54) is 0 Å². The van der Waals surface area contributed by atoms with Gasteiger partial charge in [-0.1, -0.05) is 12.1 Å². The third-order valence-corrected chi connectivity index (χ3v) is 5.77. The van der Waals surface area contributed by atoms with E-state index in [2.05, 4.69) is 4.72 Å². The Hall–Kier alpha value is -0.760. The molecule has 0 spiro atoms. The maximum absolute atomic E-state index is 12.2. The molecule has 0 saturated carbocycles. The van der Waals surface area contributed by atoms with Crippen molar-refractivity contribution in [2.24, 2.45) is 5.73 Å². The van der Waals surface area contributed by atoms with Crippen molar-refractivity contribution in [3.63, 3.8) is 0 Å². The summed E-state index contributed by atoms with van der Waals surface area (Å²) >= 11 is 0. The van der Waals surface area contributed by atoms with Gasteiger partial charge in [-0.2, -0.15) is 0 Å². The van der Waals surface area contributed by atoms with Crippen LogP contribution in [0.25, 0.3) is 0 Å². The van der Waals surface area contributed by atoms with Gasteiger partial charge < -0.3 is 5.73 Å². The van der Waals surface area contributed by atoms with E-state index in [0.29, 0.717) is 5.56 Å². The van der Waals surface area contributed by atoms with Crippen LogP contribution in [0, 0.1) is 6.92 Å². The zero-order valence-corrected chi connectivity index (χ0v) is 13.0. The first-order valence-corrected chi connectivity index (χ1v) is 9.00. The molecule has 1 rings (SSSR count). The number of benzene rings is 1. The van der Waals surface area contributed by atoms with Crippen LogP contribution in [-0.2, 0) is 27.4 Å². The SMILES string of the molecule is Cc1ccc(CN)cc1S(=O)(=O)NCC(C)S(C)=O. The number of nitrogens with one attached hydrogen (secondary N) is 1. The van der Waals surface area contributed by atoms with Crippen molar-refractivity contribution in [2.75, 3.05) is 12.8 Å². The van der Waals surface area contributed by atoms with Crippen LogP contribution in [0.4, 0.5) is 0 Å². The van der Waals surface area contributed by atoms with Gasteiger partial charge in [0, 0.05) is 35.4 Å². The summed E-state index contributed by atoms with van der Waals surface area (Å²) in [5.41, 5.74) is 6.94. The van der Waals surface area contributed by atoms with E-state index >= 15 is 0 Å². The fourth-order valence-corrected chi connectivity index (χ4v) is 3.33. The highest BCUT2D eigenvalue weighted by Gasteiger charge is 2.18. The van der Waals surface area contributed by atoms with Gasteiger partial charge in [-0.05, 0) is 31.0 Å². The van der Waals surface area contributed by atoms with Crippen molar-refractivity contribution in [1.82, 2.24) is 4.72 Å². The number of hydrogen-bond donors (Lipinski definition) is 2. The second-order valence-electron chi connectivity index (χ2n) is 4.47. The van der Waals surface area contributed by atoms with Crippen LogP contribution in [-0.4, -0.2) is 30.7 Å². The minimum Gasteiger partial charge on any atom is -0.326 e. The lowest BCUT2D eigenvalue weighted by Gasteiger charge is -2.13. The van der Waals surface area contributed by atoms with Crippen molar-refractivity contribution in [2.45, 2.75) is 30.5 Å². The third kappa shape index (κ3) is 4.38. The minimum atomic E-state index is -3.59. The summed E-state index contributed by atoms with van der Waals surface area (Å²) in [7, 11) is -4.65. The van der Waals surface area contributed by atoms with Gasteiger partial charge in [-0.25, -0.2) is 13.1 Å². The van der Waals surface area contributed by atoms with Crippen LogP contribution in [0.1, 0.15) is 18.1 Å². The lowest BCUT2D eigenvalue weighted by atomic mass is 10.1. The van der Waals surface area contributed by atoms with E-state index < -0.39 is 20.8 Å². The largest absolute Gasteiger partial charge is 0.326 e. The predicted octanol–water partition coefficient (Wildman–Crippen LogP) is 0.499. The Morgan fingerprint density at radius 1 is 1.42 bits per heavy atom. The molecule has 0 aliphatic rings. The molecular weight excluding hydrogens is 284 g/mol. The molecule has 0 saturated heterocycles. The average Bonchev–Trinajstić information content (AvgIpc) is 2.36. The monoisotopic (exact) mass is 304 g/mol. The van der Waals surface area contributed by atoms with E-state index in [4.69, 9.17) is 5.73 Å². The maximum atomic E-state index is 12.2. The van der Waals surface area contributed by atoms with Crippen molar-refractivity contribution in [3.8, 4) is 0 Å². The van der Waals surface area contributed by atoms with E-state index in [9.17, 15) is 12.6 Å². The third-order valence-electron chi connectivity index (χ3n) is 2.91. The fraction of sp³-hybridized carbons (Fsp3) is 0.500. The molecule has 0 radical (unpaired) electrons. The first-order valence-electron chi connectivity index (χ1n) is 5.89. The summed E-state index contributed by atoms with van der Waals surface area (Å²) in [5, 5.41) is -0.229. The number of aryl methyl sites for hydroxylation is 1. The number of rotatable bonds is 6. The van der Waals surface area contributed by atoms with Crippen molar-refractivity contribution >= 4 is 20.8 Å². The molecule has 2 atom stereocenters. The van der Waals surface area contributed by atoms with E-state index in [1.54, 1.807) is 38.3 Å². The van der Waals surface area contributed by atoms with Crippen LogP contribution in [0.2, 0.25) is 0 Å². The highest BCUT2D eigenvalue weighted by atomic mass is 32.2. The molecule has 108 valence electrons. The molecule has 0 aliphatic heterocycles. The summed E-state index contributed by atoms with van der Waals surface area (Å²) in [5.74, 6) is 0. The average molecular weight is 304 g/mol. The Morgan fingerprint density at radius 3 is 2.58 bits per heavy atom. The van der Waals surface area contributed by atoms with Crippen LogP contribution in [0.3, 0.4) is 0 Å². The molecule has 0 bridgehead atoms. The first kappa shape index (κ1) is 16.3. The molecule has 0 aromatic heterocycles. The smallest absolute Gasteiger partial charge is 0.240 e. The molecular formula is C12H20N2O3S2. The fourth-order valence-electron chi connectivity index (χ4n) is 1.48. The molecule has 19 heavy (non-hydrogen) atoms. The summed E-state index contributed by atoms with van der Waals surface area (Å²) in [6, 6.07) is 5.11. The second-order valence-corrected chi connectivity index (χ2v) is 8.00. The van der Waals surface area contributed by atoms with Gasteiger partial charge in [0.2, 0.25) is 10.0 Å². The molecule has 7 heteroatoms. The van der Waals surface area contributed by atoms with Crippen molar-refractivity contribution in [3.05, 3.63) is 29.3 Å². The summed E-state index contributed by atoms with van der Waals surface area (Å²) < 4.78 is 38.1.